The van der Waals surface area contributed by atoms with Crippen molar-refractivity contribution in [2.75, 3.05) is 13.6 Å². The van der Waals surface area contributed by atoms with Gasteiger partial charge in [0.25, 0.3) is 0 Å². The Kier molecular flexibility index (Phi) is 4.60. The summed E-state index contributed by atoms with van der Waals surface area (Å²) in [7, 11) is 1.62. The average molecular weight is 293 g/mol. The standard InChI is InChI=1S/C16H20FNO3/c1-18(10-7-14(19)20)15(21)16(8-2-3-9-16)12-5-4-6-13(17)11-12/h4-6,11H,2-3,7-10H2,1H3,(H,19,20). The number of amides is 1. The first-order valence-corrected chi connectivity index (χ1v) is 7.19. The van der Waals surface area contributed by atoms with E-state index in [1.165, 1.54) is 17.0 Å². The predicted octanol–water partition coefficient (Wildman–Crippen LogP) is 2.57. The molecule has 1 fully saturated rings. The van der Waals surface area contributed by atoms with Gasteiger partial charge >= 0.3 is 5.97 Å². The number of likely N-dealkylation sites (N-methyl/N-ethyl adjacent to an activating group) is 1. The second-order valence-electron chi connectivity index (χ2n) is 5.67. The van der Waals surface area contributed by atoms with Crippen LogP contribution in [0.15, 0.2) is 24.3 Å². The average Bonchev–Trinajstić information content (AvgIpc) is 2.94. The van der Waals surface area contributed by atoms with Gasteiger partial charge in [-0.1, -0.05) is 25.0 Å². The fourth-order valence-electron chi connectivity index (χ4n) is 3.12. The van der Waals surface area contributed by atoms with Crippen molar-refractivity contribution in [3.05, 3.63) is 35.6 Å². The minimum atomic E-state index is -0.930. The molecule has 0 unspecified atom stereocenters. The Morgan fingerprint density at radius 1 is 1.33 bits per heavy atom. The smallest absolute Gasteiger partial charge is 0.305 e. The highest BCUT2D eigenvalue weighted by Crippen LogP contribution is 2.42. The minimum Gasteiger partial charge on any atom is -0.481 e. The van der Waals surface area contributed by atoms with Crippen molar-refractivity contribution in [1.29, 1.82) is 0 Å². The number of carbonyl (C=O) groups excluding carboxylic acids is 1. The SMILES string of the molecule is CN(CCC(=O)O)C(=O)C1(c2cccc(F)c2)CCCC1. The van der Waals surface area contributed by atoms with Gasteiger partial charge in [0, 0.05) is 13.6 Å². The molecule has 4 nitrogen and oxygen atoms in total. The Labute approximate surface area is 123 Å². The molecule has 0 spiro atoms. The summed E-state index contributed by atoms with van der Waals surface area (Å²) < 4.78 is 13.5. The maximum atomic E-state index is 13.5. The molecule has 1 aromatic carbocycles. The highest BCUT2D eigenvalue weighted by atomic mass is 19.1. The van der Waals surface area contributed by atoms with Gasteiger partial charge < -0.3 is 10.0 Å². The molecule has 114 valence electrons. The predicted molar refractivity (Wildman–Crippen MR) is 76.4 cm³/mol. The second-order valence-corrected chi connectivity index (χ2v) is 5.67. The van der Waals surface area contributed by atoms with Crippen molar-refractivity contribution < 1.29 is 19.1 Å². The van der Waals surface area contributed by atoms with E-state index in [9.17, 15) is 14.0 Å². The summed E-state index contributed by atoms with van der Waals surface area (Å²) in [5, 5.41) is 8.74. The van der Waals surface area contributed by atoms with Crippen LogP contribution in [-0.2, 0) is 15.0 Å². The lowest BCUT2D eigenvalue weighted by Gasteiger charge is -2.32. The monoisotopic (exact) mass is 293 g/mol. The largest absolute Gasteiger partial charge is 0.481 e. The summed E-state index contributed by atoms with van der Waals surface area (Å²) in [4.78, 5) is 24.9. The molecule has 1 saturated carbocycles. The topological polar surface area (TPSA) is 57.6 Å². The van der Waals surface area contributed by atoms with Crippen molar-refractivity contribution in [3.63, 3.8) is 0 Å². The lowest BCUT2D eigenvalue weighted by Crippen LogP contribution is -2.44. The third kappa shape index (κ3) is 3.23. The summed E-state index contributed by atoms with van der Waals surface area (Å²) >= 11 is 0. The maximum absolute atomic E-state index is 13.5. The lowest BCUT2D eigenvalue weighted by molar-refractivity contribution is -0.139. The normalized spacial score (nSPS) is 16.7. The molecule has 1 N–H and O–H groups in total. The molecule has 2 rings (SSSR count). The molecule has 0 saturated heterocycles. The van der Waals surface area contributed by atoms with E-state index >= 15 is 0 Å². The number of benzene rings is 1. The van der Waals surface area contributed by atoms with Gasteiger partial charge in [-0.3, -0.25) is 9.59 Å². The van der Waals surface area contributed by atoms with Gasteiger partial charge in [-0.2, -0.15) is 0 Å². The first-order valence-electron chi connectivity index (χ1n) is 7.19. The van der Waals surface area contributed by atoms with Gasteiger partial charge in [0.05, 0.1) is 11.8 Å². The number of hydrogen-bond acceptors (Lipinski definition) is 2. The number of nitrogens with zero attached hydrogens (tertiary/aromatic N) is 1. The molecule has 1 aliphatic rings. The van der Waals surface area contributed by atoms with Crippen molar-refractivity contribution >= 4 is 11.9 Å². The summed E-state index contributed by atoms with van der Waals surface area (Å²) in [6.45, 7) is 0.172. The summed E-state index contributed by atoms with van der Waals surface area (Å²) in [5.74, 6) is -1.38. The highest BCUT2D eigenvalue weighted by molar-refractivity contribution is 5.88. The van der Waals surface area contributed by atoms with Crippen LogP contribution in [0.25, 0.3) is 0 Å². The van der Waals surface area contributed by atoms with Crippen LogP contribution in [0.2, 0.25) is 0 Å². The molecule has 21 heavy (non-hydrogen) atoms. The summed E-state index contributed by atoms with van der Waals surface area (Å²) in [5.41, 5.74) is 0.00203. The molecule has 0 atom stereocenters. The summed E-state index contributed by atoms with van der Waals surface area (Å²) in [6, 6.07) is 6.20. The van der Waals surface area contributed by atoms with Gasteiger partial charge in [0.15, 0.2) is 0 Å². The van der Waals surface area contributed by atoms with Crippen LogP contribution in [0, 0.1) is 5.82 Å². The van der Waals surface area contributed by atoms with Crippen LogP contribution >= 0.6 is 0 Å². The van der Waals surface area contributed by atoms with Crippen molar-refractivity contribution in [2.24, 2.45) is 0 Å². The first-order chi connectivity index (χ1) is 9.95. The number of rotatable bonds is 5. The van der Waals surface area contributed by atoms with E-state index in [1.54, 1.807) is 19.2 Å². The van der Waals surface area contributed by atoms with Crippen molar-refractivity contribution in [1.82, 2.24) is 4.90 Å². The molecule has 5 heteroatoms. The molecule has 1 aromatic rings. The fraction of sp³-hybridized carbons (Fsp3) is 0.500. The number of halogens is 1. The highest BCUT2D eigenvalue weighted by Gasteiger charge is 2.44. The van der Waals surface area contributed by atoms with E-state index in [1.807, 2.05) is 0 Å². The Morgan fingerprint density at radius 2 is 2.00 bits per heavy atom. The zero-order valence-electron chi connectivity index (χ0n) is 12.1. The van der Waals surface area contributed by atoms with Crippen LogP contribution in [0.3, 0.4) is 0 Å². The van der Waals surface area contributed by atoms with Gasteiger partial charge in [0.2, 0.25) is 5.91 Å². The van der Waals surface area contributed by atoms with Crippen LogP contribution in [-0.4, -0.2) is 35.5 Å². The quantitative estimate of drug-likeness (QED) is 0.907. The number of carboxylic acids is 1. The van der Waals surface area contributed by atoms with E-state index < -0.39 is 11.4 Å². The molecular formula is C16H20FNO3. The summed E-state index contributed by atoms with van der Waals surface area (Å²) in [6.07, 6.45) is 3.14. The van der Waals surface area contributed by atoms with Crippen LogP contribution < -0.4 is 0 Å². The van der Waals surface area contributed by atoms with E-state index in [0.29, 0.717) is 18.4 Å². The zero-order valence-corrected chi connectivity index (χ0v) is 12.1. The number of aliphatic carboxylic acids is 1. The number of carbonyl (C=O) groups is 2. The Balaban J connectivity index is 2.25. The van der Waals surface area contributed by atoms with Gasteiger partial charge in [-0.05, 0) is 30.5 Å². The number of hydrogen-bond donors (Lipinski definition) is 1. The second kappa shape index (κ2) is 6.24. The minimum absolute atomic E-state index is 0.0819. The van der Waals surface area contributed by atoms with Crippen molar-refractivity contribution in [2.45, 2.75) is 37.5 Å². The molecular weight excluding hydrogens is 273 g/mol. The Morgan fingerprint density at radius 3 is 2.57 bits per heavy atom. The lowest BCUT2D eigenvalue weighted by atomic mass is 9.77. The molecule has 0 aliphatic heterocycles. The molecule has 0 heterocycles. The van der Waals surface area contributed by atoms with Gasteiger partial charge in [0.1, 0.15) is 5.82 Å². The molecule has 1 amide bonds. The maximum Gasteiger partial charge on any atom is 0.305 e. The molecule has 1 aliphatic carbocycles. The Hall–Kier alpha value is -1.91. The van der Waals surface area contributed by atoms with Gasteiger partial charge in [-0.25, -0.2) is 4.39 Å². The first kappa shape index (κ1) is 15.5. The fourth-order valence-corrected chi connectivity index (χ4v) is 3.12. The third-order valence-electron chi connectivity index (χ3n) is 4.25. The van der Waals surface area contributed by atoms with E-state index in [4.69, 9.17) is 5.11 Å². The van der Waals surface area contributed by atoms with E-state index in [2.05, 4.69) is 0 Å². The number of carboxylic acid groups (broad SMARTS) is 1. The van der Waals surface area contributed by atoms with E-state index in [0.717, 1.165) is 12.8 Å². The Bertz CT molecular complexity index is 538. The molecule has 0 radical (unpaired) electrons. The van der Waals surface area contributed by atoms with Crippen LogP contribution in [0.1, 0.15) is 37.7 Å². The third-order valence-corrected chi connectivity index (χ3v) is 4.25. The molecule has 0 bridgehead atoms. The molecule has 0 aromatic heterocycles. The van der Waals surface area contributed by atoms with Gasteiger partial charge in [-0.15, -0.1) is 0 Å². The zero-order chi connectivity index (χ0) is 15.5. The van der Waals surface area contributed by atoms with Crippen LogP contribution in [0.4, 0.5) is 4.39 Å². The van der Waals surface area contributed by atoms with Crippen molar-refractivity contribution in [3.8, 4) is 0 Å². The van der Waals surface area contributed by atoms with E-state index in [-0.39, 0.29) is 24.7 Å². The van der Waals surface area contributed by atoms with Crippen LogP contribution in [0.5, 0.6) is 0 Å².